The van der Waals surface area contributed by atoms with Gasteiger partial charge in [-0.05, 0) is 32.2 Å². The van der Waals surface area contributed by atoms with Crippen molar-refractivity contribution in [2.24, 2.45) is 5.92 Å². The van der Waals surface area contributed by atoms with Crippen LogP contribution in [0.3, 0.4) is 0 Å². The zero-order valence-electron chi connectivity index (χ0n) is 10.9. The van der Waals surface area contributed by atoms with Crippen LogP contribution in [0.5, 0.6) is 0 Å². The fourth-order valence-electron chi connectivity index (χ4n) is 2.58. The third kappa shape index (κ3) is 4.12. The monoisotopic (exact) mass is 226 g/mol. The Hall–Kier alpha value is -0.570. The number of hydrogen-bond acceptors (Lipinski definition) is 2. The van der Waals surface area contributed by atoms with Gasteiger partial charge in [0.2, 0.25) is 5.91 Å². The summed E-state index contributed by atoms with van der Waals surface area (Å²) < 4.78 is 0. The van der Waals surface area contributed by atoms with Gasteiger partial charge in [0, 0.05) is 18.5 Å². The van der Waals surface area contributed by atoms with Crippen molar-refractivity contribution in [1.29, 1.82) is 0 Å². The lowest BCUT2D eigenvalue weighted by Gasteiger charge is -2.23. The molecule has 1 aliphatic rings. The smallest absolute Gasteiger partial charge is 0.221 e. The van der Waals surface area contributed by atoms with Gasteiger partial charge in [0.25, 0.3) is 0 Å². The number of amides is 1. The van der Waals surface area contributed by atoms with Crippen molar-refractivity contribution in [1.82, 2.24) is 10.6 Å². The van der Waals surface area contributed by atoms with Crippen molar-refractivity contribution in [3.8, 4) is 0 Å². The molecule has 1 heterocycles. The Morgan fingerprint density at radius 2 is 2.12 bits per heavy atom. The van der Waals surface area contributed by atoms with Crippen LogP contribution in [-0.4, -0.2) is 24.5 Å². The Labute approximate surface area is 99.4 Å². The van der Waals surface area contributed by atoms with Crippen molar-refractivity contribution in [3.05, 3.63) is 0 Å². The van der Waals surface area contributed by atoms with Crippen molar-refractivity contribution in [2.75, 3.05) is 6.54 Å². The van der Waals surface area contributed by atoms with Gasteiger partial charge < -0.3 is 10.6 Å². The molecule has 1 saturated heterocycles. The lowest BCUT2D eigenvalue weighted by Crippen LogP contribution is -2.40. The maximum absolute atomic E-state index is 11.8. The number of carbonyl (C=O) groups is 1. The van der Waals surface area contributed by atoms with Crippen LogP contribution in [0.4, 0.5) is 0 Å². The first-order chi connectivity index (χ1) is 7.67. The molecule has 3 nitrogen and oxygen atoms in total. The van der Waals surface area contributed by atoms with Crippen molar-refractivity contribution >= 4 is 5.91 Å². The van der Waals surface area contributed by atoms with Crippen molar-refractivity contribution in [3.63, 3.8) is 0 Å². The van der Waals surface area contributed by atoms with Crippen molar-refractivity contribution < 1.29 is 4.79 Å². The van der Waals surface area contributed by atoms with Gasteiger partial charge in [-0.2, -0.15) is 0 Å². The van der Waals surface area contributed by atoms with Gasteiger partial charge in [-0.3, -0.25) is 4.79 Å². The lowest BCUT2D eigenvalue weighted by atomic mass is 9.95. The fourth-order valence-corrected chi connectivity index (χ4v) is 2.58. The molecule has 3 heteroatoms. The largest absolute Gasteiger partial charge is 0.353 e. The second kappa shape index (κ2) is 6.89. The van der Waals surface area contributed by atoms with E-state index in [1.54, 1.807) is 0 Å². The Balaban J connectivity index is 2.26. The number of hydrogen-bond donors (Lipinski definition) is 2. The summed E-state index contributed by atoms with van der Waals surface area (Å²) in [5, 5.41) is 6.49. The van der Waals surface area contributed by atoms with Gasteiger partial charge in [0.05, 0.1) is 0 Å². The molecule has 94 valence electrons. The third-order valence-corrected chi connectivity index (χ3v) is 3.74. The van der Waals surface area contributed by atoms with E-state index in [1.807, 2.05) is 0 Å². The summed E-state index contributed by atoms with van der Waals surface area (Å²) in [5.41, 5.74) is 0. The van der Waals surface area contributed by atoms with E-state index >= 15 is 0 Å². The lowest BCUT2D eigenvalue weighted by molar-refractivity contribution is -0.122. The van der Waals surface area contributed by atoms with E-state index < -0.39 is 0 Å². The molecule has 0 spiro atoms. The molecular formula is C13H26N2O. The van der Waals surface area contributed by atoms with Crippen LogP contribution >= 0.6 is 0 Å². The molecule has 2 N–H and O–H groups in total. The summed E-state index contributed by atoms with van der Waals surface area (Å²) in [6, 6.07) is 0.720. The van der Waals surface area contributed by atoms with Gasteiger partial charge >= 0.3 is 0 Å². The van der Waals surface area contributed by atoms with E-state index in [2.05, 4.69) is 31.4 Å². The molecule has 0 aromatic rings. The molecule has 1 aliphatic heterocycles. The topological polar surface area (TPSA) is 41.1 Å². The molecule has 1 amide bonds. The maximum Gasteiger partial charge on any atom is 0.221 e. The van der Waals surface area contributed by atoms with E-state index in [9.17, 15) is 4.79 Å². The molecule has 2 atom stereocenters. The predicted molar refractivity (Wildman–Crippen MR) is 67.3 cm³/mol. The second-order valence-corrected chi connectivity index (χ2v) is 4.93. The summed E-state index contributed by atoms with van der Waals surface area (Å²) in [5.74, 6) is 0.819. The predicted octanol–water partition coefficient (Wildman–Crippen LogP) is 2.07. The van der Waals surface area contributed by atoms with Gasteiger partial charge in [0.15, 0.2) is 0 Å². The fraction of sp³-hybridized carbons (Fsp3) is 0.923. The minimum Gasteiger partial charge on any atom is -0.353 e. The summed E-state index contributed by atoms with van der Waals surface area (Å²) in [7, 11) is 0. The molecule has 0 aliphatic carbocycles. The molecule has 1 rings (SSSR count). The molecule has 0 bridgehead atoms. The summed E-state index contributed by atoms with van der Waals surface area (Å²) >= 11 is 0. The number of rotatable bonds is 6. The Morgan fingerprint density at radius 1 is 1.44 bits per heavy atom. The van der Waals surface area contributed by atoms with Crippen LogP contribution in [0.2, 0.25) is 0 Å². The van der Waals surface area contributed by atoms with E-state index in [-0.39, 0.29) is 5.91 Å². The highest BCUT2D eigenvalue weighted by Crippen LogP contribution is 2.13. The van der Waals surface area contributed by atoms with E-state index in [0.717, 1.165) is 25.8 Å². The zero-order chi connectivity index (χ0) is 12.0. The molecule has 0 aromatic heterocycles. The number of nitrogens with one attached hydrogen (secondary N) is 2. The average Bonchev–Trinajstić information content (AvgIpc) is 2.71. The maximum atomic E-state index is 11.8. The third-order valence-electron chi connectivity index (χ3n) is 3.74. The van der Waals surface area contributed by atoms with Gasteiger partial charge in [-0.25, -0.2) is 0 Å². The Morgan fingerprint density at radius 3 is 2.62 bits per heavy atom. The standard InChI is InChI=1S/C13H26N2O/c1-4-11(5-2)10(3)15-13(16)9-12-7-6-8-14-12/h10-12,14H,4-9H2,1-3H3,(H,15,16). The molecule has 0 radical (unpaired) electrons. The number of carbonyl (C=O) groups excluding carboxylic acids is 1. The molecule has 0 saturated carbocycles. The molecule has 16 heavy (non-hydrogen) atoms. The average molecular weight is 226 g/mol. The first kappa shape index (κ1) is 13.5. The molecule has 0 aromatic carbocycles. The van der Waals surface area contributed by atoms with Gasteiger partial charge in [-0.1, -0.05) is 26.7 Å². The normalized spacial score (nSPS) is 22.4. The minimum absolute atomic E-state index is 0.207. The van der Waals surface area contributed by atoms with Crippen LogP contribution in [0, 0.1) is 5.92 Å². The summed E-state index contributed by atoms with van der Waals surface area (Å²) in [6.07, 6.45) is 5.27. The van der Waals surface area contributed by atoms with E-state index in [1.165, 1.54) is 6.42 Å². The van der Waals surface area contributed by atoms with Crippen LogP contribution in [0.15, 0.2) is 0 Å². The summed E-state index contributed by atoms with van der Waals surface area (Å²) in [4.78, 5) is 11.8. The highest BCUT2D eigenvalue weighted by molar-refractivity contribution is 5.76. The van der Waals surface area contributed by atoms with E-state index in [0.29, 0.717) is 24.4 Å². The van der Waals surface area contributed by atoms with Gasteiger partial charge in [0.1, 0.15) is 0 Å². The zero-order valence-corrected chi connectivity index (χ0v) is 10.9. The van der Waals surface area contributed by atoms with Crippen LogP contribution in [-0.2, 0) is 4.79 Å². The highest BCUT2D eigenvalue weighted by atomic mass is 16.1. The molecule has 2 unspecified atom stereocenters. The van der Waals surface area contributed by atoms with Gasteiger partial charge in [-0.15, -0.1) is 0 Å². The SMILES string of the molecule is CCC(CC)C(C)NC(=O)CC1CCCN1. The molecular weight excluding hydrogens is 200 g/mol. The Kier molecular flexibility index (Phi) is 5.81. The molecule has 1 fully saturated rings. The first-order valence-electron chi connectivity index (χ1n) is 6.70. The van der Waals surface area contributed by atoms with Crippen molar-refractivity contribution in [2.45, 2.75) is 65.0 Å². The van der Waals surface area contributed by atoms with Crippen LogP contribution in [0.1, 0.15) is 52.9 Å². The van der Waals surface area contributed by atoms with Crippen LogP contribution < -0.4 is 10.6 Å². The Bertz CT molecular complexity index is 208. The minimum atomic E-state index is 0.207. The van der Waals surface area contributed by atoms with E-state index in [4.69, 9.17) is 0 Å². The van der Waals surface area contributed by atoms with Crippen LogP contribution in [0.25, 0.3) is 0 Å². The second-order valence-electron chi connectivity index (χ2n) is 4.93. The quantitative estimate of drug-likeness (QED) is 0.728. The first-order valence-corrected chi connectivity index (χ1v) is 6.70. The highest BCUT2D eigenvalue weighted by Gasteiger charge is 2.20. The summed E-state index contributed by atoms with van der Waals surface area (Å²) in [6.45, 7) is 7.57.